The van der Waals surface area contributed by atoms with Crippen molar-refractivity contribution in [3.8, 4) is 0 Å². The maximum atomic E-state index is 9.12. The van der Waals surface area contributed by atoms with Crippen LogP contribution in [0.25, 0.3) is 0 Å². The zero-order chi connectivity index (χ0) is 12.3. The highest BCUT2D eigenvalue weighted by atomic mass is 16.4. The molecule has 0 saturated carbocycles. The van der Waals surface area contributed by atoms with Crippen molar-refractivity contribution < 1.29 is 5.21 Å². The lowest BCUT2D eigenvalue weighted by atomic mass is 10.1. The number of hydrogen-bond donors (Lipinski definition) is 1. The summed E-state index contributed by atoms with van der Waals surface area (Å²) in [6.07, 6.45) is 0. The Morgan fingerprint density at radius 3 is 2.18 bits per heavy atom. The van der Waals surface area contributed by atoms with Gasteiger partial charge in [-0.3, -0.25) is 0 Å². The molecule has 2 aromatic rings. The van der Waals surface area contributed by atoms with Crippen LogP contribution in [0.4, 0.5) is 0 Å². The van der Waals surface area contributed by atoms with Gasteiger partial charge in [0.1, 0.15) is 0 Å². The summed E-state index contributed by atoms with van der Waals surface area (Å²) in [4.78, 5) is 8.56. The number of hydrogen-bond acceptors (Lipinski definition) is 4. The number of benzene rings is 1. The van der Waals surface area contributed by atoms with E-state index in [0.717, 1.165) is 17.0 Å². The number of rotatable bonds is 2. The van der Waals surface area contributed by atoms with Crippen molar-refractivity contribution >= 4 is 5.71 Å². The summed E-state index contributed by atoms with van der Waals surface area (Å²) in [5.41, 5.74) is 2.88. The zero-order valence-electron chi connectivity index (χ0n) is 9.75. The van der Waals surface area contributed by atoms with E-state index in [2.05, 4.69) is 15.1 Å². The quantitative estimate of drug-likeness (QED) is 0.486. The Hall–Kier alpha value is -2.23. The summed E-state index contributed by atoms with van der Waals surface area (Å²) < 4.78 is 0. The molecule has 0 aliphatic rings. The molecule has 1 aromatic heterocycles. The van der Waals surface area contributed by atoms with Crippen LogP contribution in [0.3, 0.4) is 0 Å². The molecule has 4 heteroatoms. The lowest BCUT2D eigenvalue weighted by Gasteiger charge is -2.05. The minimum atomic E-state index is 0.386. The van der Waals surface area contributed by atoms with Gasteiger partial charge in [-0.2, -0.15) is 0 Å². The lowest BCUT2D eigenvalue weighted by molar-refractivity contribution is 0.319. The van der Waals surface area contributed by atoms with Crippen LogP contribution in [0.2, 0.25) is 0 Å². The Morgan fingerprint density at radius 2 is 1.65 bits per heavy atom. The summed E-state index contributed by atoms with van der Waals surface area (Å²) in [7, 11) is 0. The molecule has 2 rings (SSSR count). The second-order valence-electron chi connectivity index (χ2n) is 3.79. The van der Waals surface area contributed by atoms with Crippen molar-refractivity contribution in [3.63, 3.8) is 0 Å². The van der Waals surface area contributed by atoms with E-state index in [1.807, 2.05) is 50.2 Å². The van der Waals surface area contributed by atoms with E-state index in [1.165, 1.54) is 0 Å². The standard InChI is InChI=1S/C13H13N3O/c1-9-8-10(2)15-13(14-9)12(16-17)11-6-4-3-5-7-11/h3-8,17H,1-2H3. The third-order valence-electron chi connectivity index (χ3n) is 2.34. The second-order valence-corrected chi connectivity index (χ2v) is 3.79. The Balaban J connectivity index is 2.51. The topological polar surface area (TPSA) is 58.4 Å². The van der Waals surface area contributed by atoms with E-state index in [4.69, 9.17) is 5.21 Å². The molecule has 1 N–H and O–H groups in total. The van der Waals surface area contributed by atoms with Crippen LogP contribution in [0.15, 0.2) is 41.6 Å². The van der Waals surface area contributed by atoms with Crippen LogP contribution in [0.1, 0.15) is 22.8 Å². The first kappa shape index (κ1) is 11.3. The molecule has 0 unspecified atom stereocenters. The van der Waals surface area contributed by atoms with Crippen LogP contribution in [0, 0.1) is 13.8 Å². The van der Waals surface area contributed by atoms with E-state index in [0.29, 0.717) is 11.5 Å². The van der Waals surface area contributed by atoms with Gasteiger partial charge in [-0.1, -0.05) is 35.5 Å². The molecule has 0 spiro atoms. The van der Waals surface area contributed by atoms with Crippen molar-refractivity contribution in [2.75, 3.05) is 0 Å². The van der Waals surface area contributed by atoms with Crippen molar-refractivity contribution in [2.45, 2.75) is 13.8 Å². The molecule has 1 aromatic carbocycles. The van der Waals surface area contributed by atoms with E-state index >= 15 is 0 Å². The van der Waals surface area contributed by atoms with Gasteiger partial charge in [0.05, 0.1) is 0 Å². The maximum Gasteiger partial charge on any atom is 0.182 e. The second kappa shape index (κ2) is 4.74. The van der Waals surface area contributed by atoms with Gasteiger partial charge in [0.15, 0.2) is 11.5 Å². The first-order chi connectivity index (χ1) is 8.20. The van der Waals surface area contributed by atoms with Gasteiger partial charge in [-0.25, -0.2) is 9.97 Å². The van der Waals surface area contributed by atoms with E-state index in [9.17, 15) is 0 Å². The van der Waals surface area contributed by atoms with Gasteiger partial charge in [0.25, 0.3) is 0 Å². The molecule has 1 heterocycles. The van der Waals surface area contributed by atoms with Crippen LogP contribution in [-0.4, -0.2) is 20.9 Å². The van der Waals surface area contributed by atoms with Gasteiger partial charge in [-0.15, -0.1) is 0 Å². The van der Waals surface area contributed by atoms with Crippen LogP contribution in [-0.2, 0) is 0 Å². The fourth-order valence-corrected chi connectivity index (χ4v) is 1.66. The summed E-state index contributed by atoms with van der Waals surface area (Å²) in [5, 5.41) is 12.4. The number of oxime groups is 1. The average Bonchev–Trinajstić information content (AvgIpc) is 2.30. The number of aryl methyl sites for hydroxylation is 2. The largest absolute Gasteiger partial charge is 0.410 e. The van der Waals surface area contributed by atoms with Gasteiger partial charge in [-0.05, 0) is 19.9 Å². The number of aromatic nitrogens is 2. The SMILES string of the molecule is Cc1cc(C)nc(C(=NO)c2ccccc2)n1. The fourth-order valence-electron chi connectivity index (χ4n) is 1.66. The average molecular weight is 227 g/mol. The van der Waals surface area contributed by atoms with Crippen molar-refractivity contribution in [1.29, 1.82) is 0 Å². The molecule has 4 nitrogen and oxygen atoms in total. The first-order valence-corrected chi connectivity index (χ1v) is 5.31. The van der Waals surface area contributed by atoms with Gasteiger partial charge in [0, 0.05) is 17.0 Å². The Morgan fingerprint density at radius 1 is 1.06 bits per heavy atom. The zero-order valence-corrected chi connectivity index (χ0v) is 9.75. The van der Waals surface area contributed by atoms with E-state index in [-0.39, 0.29) is 0 Å². The van der Waals surface area contributed by atoms with E-state index < -0.39 is 0 Å². The summed E-state index contributed by atoms with van der Waals surface area (Å²) in [5.74, 6) is 0.441. The molecule has 0 amide bonds. The molecule has 0 saturated heterocycles. The highest BCUT2D eigenvalue weighted by Gasteiger charge is 2.11. The molecule has 0 radical (unpaired) electrons. The highest BCUT2D eigenvalue weighted by Crippen LogP contribution is 2.08. The molecule has 0 aliphatic carbocycles. The predicted molar refractivity (Wildman–Crippen MR) is 65.4 cm³/mol. The minimum Gasteiger partial charge on any atom is -0.410 e. The molecule has 0 fully saturated rings. The van der Waals surface area contributed by atoms with Crippen molar-refractivity contribution in [1.82, 2.24) is 9.97 Å². The summed E-state index contributed by atoms with van der Waals surface area (Å²) >= 11 is 0. The Kier molecular flexibility index (Phi) is 3.14. The van der Waals surface area contributed by atoms with Gasteiger partial charge >= 0.3 is 0 Å². The molecule has 0 atom stereocenters. The molecule has 17 heavy (non-hydrogen) atoms. The molecule has 0 aliphatic heterocycles. The molecule has 86 valence electrons. The normalized spacial score (nSPS) is 11.5. The van der Waals surface area contributed by atoms with Crippen molar-refractivity contribution in [3.05, 3.63) is 59.2 Å². The van der Waals surface area contributed by atoms with Crippen molar-refractivity contribution in [2.24, 2.45) is 5.16 Å². The fraction of sp³-hybridized carbons (Fsp3) is 0.154. The minimum absolute atomic E-state index is 0.386. The Labute approximate surface area is 99.7 Å². The maximum absolute atomic E-state index is 9.12. The summed E-state index contributed by atoms with van der Waals surface area (Å²) in [6, 6.07) is 11.3. The molecular formula is C13H13N3O. The first-order valence-electron chi connectivity index (χ1n) is 5.31. The Bertz CT molecular complexity index is 530. The molecular weight excluding hydrogens is 214 g/mol. The molecule has 0 bridgehead atoms. The third-order valence-corrected chi connectivity index (χ3v) is 2.34. The lowest BCUT2D eigenvalue weighted by Crippen LogP contribution is -2.10. The predicted octanol–water partition coefficient (Wildman–Crippen LogP) is 2.32. The number of nitrogens with zero attached hydrogens (tertiary/aromatic N) is 3. The smallest absolute Gasteiger partial charge is 0.182 e. The summed E-state index contributed by atoms with van der Waals surface area (Å²) in [6.45, 7) is 3.77. The van der Waals surface area contributed by atoms with Gasteiger partial charge in [0.2, 0.25) is 0 Å². The highest BCUT2D eigenvalue weighted by molar-refractivity contribution is 6.10. The van der Waals surface area contributed by atoms with E-state index in [1.54, 1.807) is 0 Å². The monoisotopic (exact) mass is 227 g/mol. The third kappa shape index (κ3) is 2.47. The van der Waals surface area contributed by atoms with Crippen LogP contribution >= 0.6 is 0 Å². The van der Waals surface area contributed by atoms with Crippen LogP contribution < -0.4 is 0 Å². The van der Waals surface area contributed by atoms with Gasteiger partial charge < -0.3 is 5.21 Å². The van der Waals surface area contributed by atoms with Crippen LogP contribution in [0.5, 0.6) is 0 Å².